The first-order valence-electron chi connectivity index (χ1n) is 8.01. The number of hydrogen-bond acceptors (Lipinski definition) is 5. The first-order chi connectivity index (χ1) is 11.6. The first-order valence-corrected chi connectivity index (χ1v) is 8.01. The van der Waals surface area contributed by atoms with E-state index in [1.807, 2.05) is 0 Å². The summed E-state index contributed by atoms with van der Waals surface area (Å²) in [7, 11) is 2.09. The molecule has 2 heterocycles. The van der Waals surface area contributed by atoms with E-state index in [0.29, 0.717) is 17.8 Å². The number of furan rings is 1. The maximum Gasteiger partial charge on any atom is 0.291 e. The Morgan fingerprint density at radius 1 is 1.08 bits per heavy atom. The molecular formula is C18H21N3O3. The maximum atomic E-state index is 12.4. The second-order valence-corrected chi connectivity index (χ2v) is 6.01. The van der Waals surface area contributed by atoms with Crippen LogP contribution in [0.3, 0.4) is 0 Å². The molecule has 6 heteroatoms. The van der Waals surface area contributed by atoms with Crippen molar-refractivity contribution in [3.63, 3.8) is 0 Å². The van der Waals surface area contributed by atoms with E-state index in [-0.39, 0.29) is 17.5 Å². The van der Waals surface area contributed by atoms with Crippen LogP contribution in [0, 0.1) is 0 Å². The normalized spacial score (nSPS) is 16.0. The summed E-state index contributed by atoms with van der Waals surface area (Å²) in [4.78, 5) is 28.7. The molecule has 0 unspecified atom stereocenters. The molecule has 0 atom stereocenters. The first kappa shape index (κ1) is 16.4. The number of piperazine rings is 1. The molecule has 1 saturated heterocycles. The summed E-state index contributed by atoms with van der Waals surface area (Å²) in [6.45, 7) is 4.25. The van der Waals surface area contributed by atoms with Crippen LogP contribution in [0.25, 0.3) is 0 Å². The number of likely N-dealkylation sites (N-methyl/N-ethyl adjacent to an activating group) is 1. The van der Waals surface area contributed by atoms with Gasteiger partial charge in [-0.3, -0.25) is 14.5 Å². The van der Waals surface area contributed by atoms with Gasteiger partial charge in [0.05, 0.1) is 12.8 Å². The van der Waals surface area contributed by atoms with Crippen molar-refractivity contribution in [2.24, 2.45) is 0 Å². The van der Waals surface area contributed by atoms with E-state index in [4.69, 9.17) is 4.42 Å². The van der Waals surface area contributed by atoms with Gasteiger partial charge >= 0.3 is 0 Å². The Morgan fingerprint density at radius 2 is 1.79 bits per heavy atom. The second-order valence-electron chi connectivity index (χ2n) is 6.01. The molecule has 6 nitrogen and oxygen atoms in total. The van der Waals surface area contributed by atoms with Gasteiger partial charge in [-0.05, 0) is 43.4 Å². The number of ketones is 1. The zero-order chi connectivity index (χ0) is 16.9. The fraction of sp³-hybridized carbons (Fsp3) is 0.333. The molecule has 0 bridgehead atoms. The smallest absolute Gasteiger partial charge is 0.291 e. The van der Waals surface area contributed by atoms with Crippen molar-refractivity contribution in [1.82, 2.24) is 9.80 Å². The van der Waals surface area contributed by atoms with Gasteiger partial charge in [0, 0.05) is 37.4 Å². The standard InChI is InChI=1S/C18H21N3O3/c1-20-8-10-21(11-9-20)13-16(22)14-4-6-15(7-5-14)19-18(23)17-3-2-12-24-17/h2-7,12H,8-11,13H2,1H3,(H,19,23). The molecule has 1 aliphatic heterocycles. The number of nitrogens with zero attached hydrogens (tertiary/aromatic N) is 2. The number of amides is 1. The monoisotopic (exact) mass is 327 g/mol. The van der Waals surface area contributed by atoms with Crippen molar-refractivity contribution in [3.05, 3.63) is 54.0 Å². The summed E-state index contributed by atoms with van der Waals surface area (Å²) in [5.41, 5.74) is 1.29. The number of Topliss-reactive ketones (excluding diaryl/α,β-unsaturated/α-hetero) is 1. The second kappa shape index (κ2) is 7.42. The SMILES string of the molecule is CN1CCN(CC(=O)c2ccc(NC(=O)c3ccco3)cc2)CC1. The summed E-state index contributed by atoms with van der Waals surface area (Å²) in [6, 6.07) is 10.2. The van der Waals surface area contributed by atoms with Gasteiger partial charge in [-0.15, -0.1) is 0 Å². The summed E-state index contributed by atoms with van der Waals surface area (Å²) >= 11 is 0. The van der Waals surface area contributed by atoms with Gasteiger partial charge in [0.1, 0.15) is 0 Å². The Morgan fingerprint density at radius 3 is 2.42 bits per heavy atom. The largest absolute Gasteiger partial charge is 0.459 e. The highest BCUT2D eigenvalue weighted by Gasteiger charge is 2.17. The van der Waals surface area contributed by atoms with Gasteiger partial charge in [0.2, 0.25) is 0 Å². The quantitative estimate of drug-likeness (QED) is 0.851. The van der Waals surface area contributed by atoms with E-state index in [1.54, 1.807) is 36.4 Å². The molecule has 0 spiro atoms. The van der Waals surface area contributed by atoms with Gasteiger partial charge in [-0.25, -0.2) is 0 Å². The van der Waals surface area contributed by atoms with E-state index in [2.05, 4.69) is 22.2 Å². The number of benzene rings is 1. The van der Waals surface area contributed by atoms with Crippen molar-refractivity contribution in [3.8, 4) is 0 Å². The van der Waals surface area contributed by atoms with Crippen molar-refractivity contribution >= 4 is 17.4 Å². The molecule has 1 aliphatic rings. The minimum atomic E-state index is -0.309. The zero-order valence-electron chi connectivity index (χ0n) is 13.7. The molecule has 1 aromatic carbocycles. The van der Waals surface area contributed by atoms with Gasteiger partial charge in [-0.2, -0.15) is 0 Å². The maximum absolute atomic E-state index is 12.4. The molecule has 2 aromatic rings. The highest BCUT2D eigenvalue weighted by Crippen LogP contribution is 2.13. The number of nitrogens with one attached hydrogen (secondary N) is 1. The van der Waals surface area contributed by atoms with Crippen LogP contribution in [0.2, 0.25) is 0 Å². The number of hydrogen-bond donors (Lipinski definition) is 1. The summed E-state index contributed by atoms with van der Waals surface area (Å²) in [6.07, 6.45) is 1.45. The predicted molar refractivity (Wildman–Crippen MR) is 91.4 cm³/mol. The Balaban J connectivity index is 1.55. The van der Waals surface area contributed by atoms with Crippen LogP contribution < -0.4 is 5.32 Å². The Kier molecular flexibility index (Phi) is 5.08. The molecule has 1 fully saturated rings. The molecule has 1 N–H and O–H groups in total. The topological polar surface area (TPSA) is 65.8 Å². The molecule has 1 aromatic heterocycles. The molecule has 3 rings (SSSR count). The van der Waals surface area contributed by atoms with Crippen LogP contribution in [-0.2, 0) is 0 Å². The molecule has 24 heavy (non-hydrogen) atoms. The lowest BCUT2D eigenvalue weighted by atomic mass is 10.1. The average molecular weight is 327 g/mol. The number of carbonyl (C=O) groups excluding carboxylic acids is 2. The lowest BCUT2D eigenvalue weighted by Gasteiger charge is -2.31. The van der Waals surface area contributed by atoms with Gasteiger partial charge in [0.25, 0.3) is 5.91 Å². The lowest BCUT2D eigenvalue weighted by Crippen LogP contribution is -2.46. The highest BCUT2D eigenvalue weighted by molar-refractivity contribution is 6.03. The molecule has 126 valence electrons. The number of rotatable bonds is 5. The molecule has 1 amide bonds. The van der Waals surface area contributed by atoms with Gasteiger partial charge in [0.15, 0.2) is 11.5 Å². The van der Waals surface area contributed by atoms with Crippen molar-refractivity contribution in [2.45, 2.75) is 0 Å². The van der Waals surface area contributed by atoms with Crippen LogP contribution in [-0.4, -0.2) is 61.3 Å². The Bertz CT molecular complexity index is 687. The highest BCUT2D eigenvalue weighted by atomic mass is 16.3. The van der Waals surface area contributed by atoms with Crippen molar-refractivity contribution < 1.29 is 14.0 Å². The van der Waals surface area contributed by atoms with E-state index >= 15 is 0 Å². The van der Waals surface area contributed by atoms with E-state index in [9.17, 15) is 9.59 Å². The van der Waals surface area contributed by atoms with Crippen LogP contribution in [0.5, 0.6) is 0 Å². The van der Waals surface area contributed by atoms with Gasteiger partial charge in [-0.1, -0.05) is 0 Å². The molecule has 0 radical (unpaired) electrons. The Hall–Kier alpha value is -2.44. The predicted octanol–water partition coefficient (Wildman–Crippen LogP) is 1.96. The fourth-order valence-electron chi connectivity index (χ4n) is 2.64. The third-order valence-corrected chi connectivity index (χ3v) is 4.17. The van der Waals surface area contributed by atoms with Gasteiger partial charge < -0.3 is 14.6 Å². The van der Waals surface area contributed by atoms with Crippen molar-refractivity contribution in [1.29, 1.82) is 0 Å². The van der Waals surface area contributed by atoms with Crippen molar-refractivity contribution in [2.75, 3.05) is 45.1 Å². The fourth-order valence-corrected chi connectivity index (χ4v) is 2.64. The summed E-state index contributed by atoms with van der Waals surface area (Å²) in [5, 5.41) is 2.74. The van der Waals surface area contributed by atoms with Crippen LogP contribution in [0.1, 0.15) is 20.9 Å². The lowest BCUT2D eigenvalue weighted by molar-refractivity contribution is 0.0876. The summed E-state index contributed by atoms with van der Waals surface area (Å²) < 4.78 is 5.05. The number of anilines is 1. The molecular weight excluding hydrogens is 306 g/mol. The van der Waals surface area contributed by atoms with Crippen LogP contribution in [0.4, 0.5) is 5.69 Å². The van der Waals surface area contributed by atoms with Crippen LogP contribution >= 0.6 is 0 Å². The minimum Gasteiger partial charge on any atom is -0.459 e. The minimum absolute atomic E-state index is 0.100. The van der Waals surface area contributed by atoms with E-state index in [1.165, 1.54) is 6.26 Å². The third kappa shape index (κ3) is 4.10. The zero-order valence-corrected chi connectivity index (χ0v) is 13.7. The number of carbonyl (C=O) groups is 2. The third-order valence-electron chi connectivity index (χ3n) is 4.17. The van der Waals surface area contributed by atoms with Crippen LogP contribution in [0.15, 0.2) is 47.1 Å². The Labute approximate surface area is 141 Å². The average Bonchev–Trinajstić information content (AvgIpc) is 3.12. The summed E-state index contributed by atoms with van der Waals surface area (Å²) in [5.74, 6) is 0.0465. The van der Waals surface area contributed by atoms with E-state index < -0.39 is 0 Å². The molecule has 0 aliphatic carbocycles. The van der Waals surface area contributed by atoms with E-state index in [0.717, 1.165) is 26.2 Å². The molecule has 0 saturated carbocycles.